The van der Waals surface area contributed by atoms with Gasteiger partial charge in [0.15, 0.2) is 8.32 Å². The van der Waals surface area contributed by atoms with E-state index in [1.54, 1.807) is 0 Å². The van der Waals surface area contributed by atoms with Crippen molar-refractivity contribution in [2.45, 2.75) is 119 Å². The lowest BCUT2D eigenvalue weighted by atomic mass is 9.47. The largest absolute Gasteiger partial charge is 0.415 e. The van der Waals surface area contributed by atoms with Crippen molar-refractivity contribution in [1.82, 2.24) is 0 Å². The van der Waals surface area contributed by atoms with E-state index in [-0.39, 0.29) is 0 Å². The molecule has 33 heavy (non-hydrogen) atoms. The quantitative estimate of drug-likeness (QED) is 0.277. The van der Waals surface area contributed by atoms with Gasteiger partial charge in [-0.2, -0.15) is 0 Å². The second-order valence-electron chi connectivity index (χ2n) is 14.4. The maximum absolute atomic E-state index is 6.60. The summed E-state index contributed by atoms with van der Waals surface area (Å²) >= 11 is 0. The maximum Gasteiger partial charge on any atom is 0.184 e. The molecule has 1 nitrogen and oxygen atoms in total. The molecule has 3 saturated carbocycles. The summed E-state index contributed by atoms with van der Waals surface area (Å²) in [5, 5.41) is 0. The molecule has 3 fully saturated rings. The van der Waals surface area contributed by atoms with Crippen molar-refractivity contribution in [3.8, 4) is 0 Å². The normalized spacial score (nSPS) is 43.1. The van der Waals surface area contributed by atoms with Crippen LogP contribution in [0.15, 0.2) is 23.8 Å². The standard InChI is InChI=1S/C31H54OSi/c1-21(2)22(3)10-11-23(4)27-14-15-28-26-13-12-24-20-25(32-33(7,8)9)16-18-30(24,5)29(26)17-19-31(27,28)6/h10-11,13,21-25,27-29H,12,14-20H2,1-9H3/b11-10+/t22-,23-,24+,25+,27-,28+,29+,30+,31-/m1/s1. The third kappa shape index (κ3) is 4.86. The van der Waals surface area contributed by atoms with Gasteiger partial charge in [-0.15, -0.1) is 0 Å². The molecule has 9 atom stereocenters. The minimum absolute atomic E-state index is 0.508. The Morgan fingerprint density at radius 1 is 0.909 bits per heavy atom. The fourth-order valence-corrected chi connectivity index (χ4v) is 9.91. The van der Waals surface area contributed by atoms with Crippen LogP contribution in [0.3, 0.4) is 0 Å². The molecule has 0 amide bonds. The minimum atomic E-state index is -1.45. The second-order valence-corrected chi connectivity index (χ2v) is 18.9. The monoisotopic (exact) mass is 470 g/mol. The van der Waals surface area contributed by atoms with Crippen molar-refractivity contribution < 1.29 is 4.43 Å². The van der Waals surface area contributed by atoms with Gasteiger partial charge in [-0.3, -0.25) is 0 Å². The summed E-state index contributed by atoms with van der Waals surface area (Å²) in [5.41, 5.74) is 2.93. The first kappa shape index (κ1) is 25.7. The van der Waals surface area contributed by atoms with Crippen molar-refractivity contribution in [3.63, 3.8) is 0 Å². The number of hydrogen-bond acceptors (Lipinski definition) is 1. The van der Waals surface area contributed by atoms with Gasteiger partial charge in [0.25, 0.3) is 0 Å². The third-order valence-electron chi connectivity index (χ3n) is 11.0. The Kier molecular flexibility index (Phi) is 7.23. The molecule has 4 aliphatic carbocycles. The molecule has 0 bridgehead atoms. The Labute approximate surface area is 207 Å². The molecule has 2 heteroatoms. The molecular formula is C31H54OSi. The third-order valence-corrected chi connectivity index (χ3v) is 12.1. The second kappa shape index (κ2) is 9.27. The molecule has 0 N–H and O–H groups in total. The van der Waals surface area contributed by atoms with Crippen LogP contribution in [0.5, 0.6) is 0 Å². The van der Waals surface area contributed by atoms with Gasteiger partial charge in [0.2, 0.25) is 0 Å². The SMILES string of the molecule is CC(C)[C@H](C)/C=C/[C@@H](C)[C@H]1CC[C@H]2C3=CC[C@H]4C[C@@H](O[Si](C)(C)C)CC[C@]4(C)[C@H]3CC[C@]12C. The lowest BCUT2D eigenvalue weighted by Crippen LogP contribution is -2.50. The lowest BCUT2D eigenvalue weighted by molar-refractivity contribution is -0.0369. The first-order chi connectivity index (χ1) is 15.3. The van der Waals surface area contributed by atoms with Crippen molar-refractivity contribution in [2.75, 3.05) is 0 Å². The van der Waals surface area contributed by atoms with E-state index in [9.17, 15) is 0 Å². The molecule has 0 aromatic carbocycles. The van der Waals surface area contributed by atoms with Crippen LogP contribution in [0.25, 0.3) is 0 Å². The van der Waals surface area contributed by atoms with Crippen LogP contribution in [0.2, 0.25) is 19.6 Å². The van der Waals surface area contributed by atoms with Crippen LogP contribution in [0.4, 0.5) is 0 Å². The average Bonchev–Trinajstić information content (AvgIpc) is 3.08. The van der Waals surface area contributed by atoms with Gasteiger partial charge < -0.3 is 4.43 Å². The zero-order valence-electron chi connectivity index (χ0n) is 23.4. The van der Waals surface area contributed by atoms with Crippen molar-refractivity contribution in [1.29, 1.82) is 0 Å². The van der Waals surface area contributed by atoms with E-state index in [2.05, 4.69) is 79.4 Å². The highest BCUT2D eigenvalue weighted by molar-refractivity contribution is 6.69. The van der Waals surface area contributed by atoms with Crippen LogP contribution in [0, 0.1) is 52.3 Å². The Morgan fingerprint density at radius 2 is 1.58 bits per heavy atom. The Balaban J connectivity index is 1.50. The predicted molar refractivity (Wildman–Crippen MR) is 146 cm³/mol. The lowest BCUT2D eigenvalue weighted by Gasteiger charge is -2.58. The van der Waals surface area contributed by atoms with Crippen molar-refractivity contribution in [2.24, 2.45) is 52.3 Å². The fraction of sp³-hybridized carbons (Fsp3) is 0.871. The van der Waals surface area contributed by atoms with E-state index in [4.69, 9.17) is 4.43 Å². The molecule has 4 aliphatic rings. The van der Waals surface area contributed by atoms with Gasteiger partial charge in [0.1, 0.15) is 0 Å². The first-order valence-electron chi connectivity index (χ1n) is 14.4. The molecule has 0 heterocycles. The summed E-state index contributed by atoms with van der Waals surface area (Å²) in [5.74, 6) is 5.50. The topological polar surface area (TPSA) is 9.23 Å². The van der Waals surface area contributed by atoms with E-state index in [1.165, 1.54) is 51.4 Å². The maximum atomic E-state index is 6.60. The molecule has 0 unspecified atom stereocenters. The Bertz CT molecular complexity index is 759. The van der Waals surface area contributed by atoms with Gasteiger partial charge in [-0.05, 0) is 123 Å². The molecule has 0 aromatic rings. The van der Waals surface area contributed by atoms with Gasteiger partial charge in [0.05, 0.1) is 0 Å². The first-order valence-corrected chi connectivity index (χ1v) is 17.8. The predicted octanol–water partition coefficient (Wildman–Crippen LogP) is 9.27. The zero-order chi connectivity index (χ0) is 24.2. The average molecular weight is 471 g/mol. The van der Waals surface area contributed by atoms with Crippen LogP contribution < -0.4 is 0 Å². The molecule has 0 aromatic heterocycles. The van der Waals surface area contributed by atoms with Crippen LogP contribution >= 0.6 is 0 Å². The molecule has 0 aliphatic heterocycles. The summed E-state index contributed by atoms with van der Waals surface area (Å²) < 4.78 is 6.60. The fourth-order valence-electron chi connectivity index (χ4n) is 8.69. The molecule has 4 rings (SSSR count). The highest BCUT2D eigenvalue weighted by Crippen LogP contribution is 2.67. The Hall–Kier alpha value is -0.343. The summed E-state index contributed by atoms with van der Waals surface area (Å²) in [7, 11) is -1.45. The number of hydrogen-bond donors (Lipinski definition) is 0. The number of allylic oxidation sites excluding steroid dienone is 4. The van der Waals surface area contributed by atoms with E-state index in [0.717, 1.165) is 29.6 Å². The highest BCUT2D eigenvalue weighted by Gasteiger charge is 2.58. The molecule has 188 valence electrons. The molecule has 0 spiro atoms. The van der Waals surface area contributed by atoms with Crippen molar-refractivity contribution >= 4 is 8.32 Å². The molecule has 0 saturated heterocycles. The van der Waals surface area contributed by atoms with Crippen LogP contribution in [0.1, 0.15) is 92.9 Å². The number of rotatable bonds is 6. The summed E-state index contributed by atoms with van der Waals surface area (Å²) in [4.78, 5) is 0. The van der Waals surface area contributed by atoms with E-state index in [1.807, 2.05) is 5.57 Å². The highest BCUT2D eigenvalue weighted by atomic mass is 28.4. The van der Waals surface area contributed by atoms with Gasteiger partial charge in [-0.25, -0.2) is 0 Å². The van der Waals surface area contributed by atoms with Crippen LogP contribution in [-0.4, -0.2) is 14.4 Å². The van der Waals surface area contributed by atoms with Crippen LogP contribution in [-0.2, 0) is 4.43 Å². The van der Waals surface area contributed by atoms with E-state index >= 15 is 0 Å². The summed E-state index contributed by atoms with van der Waals surface area (Å²) in [6.07, 6.45) is 19.4. The molecular weight excluding hydrogens is 416 g/mol. The minimum Gasteiger partial charge on any atom is -0.415 e. The Morgan fingerprint density at radius 3 is 2.24 bits per heavy atom. The van der Waals surface area contributed by atoms with Gasteiger partial charge in [-0.1, -0.05) is 65.3 Å². The smallest absolute Gasteiger partial charge is 0.184 e. The van der Waals surface area contributed by atoms with Gasteiger partial charge in [0, 0.05) is 6.10 Å². The molecule has 0 radical (unpaired) electrons. The van der Waals surface area contributed by atoms with E-state index in [0.29, 0.717) is 28.8 Å². The van der Waals surface area contributed by atoms with Crippen molar-refractivity contribution in [3.05, 3.63) is 23.8 Å². The zero-order valence-corrected chi connectivity index (χ0v) is 24.4. The summed E-state index contributed by atoms with van der Waals surface area (Å²) in [6.45, 7) is 22.0. The van der Waals surface area contributed by atoms with Gasteiger partial charge >= 0.3 is 0 Å². The number of fused-ring (bicyclic) bond motifs is 5. The van der Waals surface area contributed by atoms with E-state index < -0.39 is 8.32 Å². The summed E-state index contributed by atoms with van der Waals surface area (Å²) in [6, 6.07) is 0.